The van der Waals surface area contributed by atoms with Crippen molar-refractivity contribution in [3.05, 3.63) is 0 Å². The van der Waals surface area contributed by atoms with E-state index < -0.39 is 14.8 Å². The Balaban J connectivity index is 0. The van der Waals surface area contributed by atoms with E-state index in [1.807, 2.05) is 0 Å². The molecule has 0 rings (SSSR count). The summed E-state index contributed by atoms with van der Waals surface area (Å²) in [6, 6.07) is -0.323. The maximum absolute atomic E-state index is 10.2. The standard InChI is InChI=1S/C5H12O5Si.K/c1-8-11(9-2,10-3)4-5(6)7;/h4H2,1-3H3,(H,6,7);/q;+1/p-1. The number of carbonyl (C=O) groups excluding carboxylic acids is 1. The Labute approximate surface area is 115 Å². The van der Waals surface area contributed by atoms with Gasteiger partial charge in [-0.2, -0.15) is 0 Å². The molecule has 0 N–H and O–H groups in total. The molecule has 0 radical (unpaired) electrons. The first-order chi connectivity index (χ1) is 5.10. The van der Waals surface area contributed by atoms with Crippen LogP contribution < -0.4 is 56.5 Å². The van der Waals surface area contributed by atoms with Crippen LogP contribution in [0.1, 0.15) is 0 Å². The van der Waals surface area contributed by atoms with Crippen LogP contribution in [0.2, 0.25) is 6.04 Å². The summed E-state index contributed by atoms with van der Waals surface area (Å²) in [7, 11) is 1.11. The zero-order chi connectivity index (χ0) is 8.91. The Morgan fingerprint density at radius 3 is 1.67 bits per heavy atom. The van der Waals surface area contributed by atoms with Crippen LogP contribution in [0.25, 0.3) is 0 Å². The fourth-order valence-electron chi connectivity index (χ4n) is 0.643. The van der Waals surface area contributed by atoms with E-state index in [4.69, 9.17) is 13.3 Å². The zero-order valence-corrected chi connectivity index (χ0v) is 11.9. The number of rotatable bonds is 5. The van der Waals surface area contributed by atoms with Gasteiger partial charge in [0.15, 0.2) is 0 Å². The fraction of sp³-hybridized carbons (Fsp3) is 0.800. The van der Waals surface area contributed by atoms with Crippen LogP contribution in [0.4, 0.5) is 0 Å². The van der Waals surface area contributed by atoms with Gasteiger partial charge in [-0.1, -0.05) is 0 Å². The minimum absolute atomic E-state index is 0. The minimum atomic E-state index is -2.94. The smallest absolute Gasteiger partial charge is 0.550 e. The number of hydrogen-bond acceptors (Lipinski definition) is 5. The number of carboxylic acids is 1. The average Bonchev–Trinajstić information content (AvgIpc) is 2.00. The van der Waals surface area contributed by atoms with Gasteiger partial charge in [-0.15, -0.1) is 0 Å². The van der Waals surface area contributed by atoms with Gasteiger partial charge in [0.2, 0.25) is 0 Å². The molecular formula is C5H11KO5Si. The van der Waals surface area contributed by atoms with E-state index in [0.29, 0.717) is 0 Å². The quantitative estimate of drug-likeness (QED) is 0.436. The van der Waals surface area contributed by atoms with Crippen molar-refractivity contribution in [1.82, 2.24) is 0 Å². The topological polar surface area (TPSA) is 67.8 Å². The van der Waals surface area contributed by atoms with Crippen molar-refractivity contribution in [1.29, 1.82) is 0 Å². The molecule has 0 bridgehead atoms. The van der Waals surface area contributed by atoms with Crippen LogP contribution in [0.15, 0.2) is 0 Å². The summed E-state index contributed by atoms with van der Waals surface area (Å²) >= 11 is 0. The average molecular weight is 218 g/mol. The van der Waals surface area contributed by atoms with E-state index in [1.165, 1.54) is 21.3 Å². The Morgan fingerprint density at radius 1 is 1.25 bits per heavy atom. The number of carboxylic acid groups (broad SMARTS) is 1. The monoisotopic (exact) mass is 218 g/mol. The third-order valence-electron chi connectivity index (χ3n) is 1.29. The Bertz CT molecular complexity index is 130. The minimum Gasteiger partial charge on any atom is -0.550 e. The molecule has 0 saturated carbocycles. The molecule has 0 spiro atoms. The van der Waals surface area contributed by atoms with Gasteiger partial charge >= 0.3 is 60.2 Å². The van der Waals surface area contributed by atoms with E-state index >= 15 is 0 Å². The molecule has 5 nitrogen and oxygen atoms in total. The third kappa shape index (κ3) is 5.05. The van der Waals surface area contributed by atoms with Crippen LogP contribution in [0.3, 0.4) is 0 Å². The molecule has 0 atom stereocenters. The van der Waals surface area contributed by atoms with Crippen molar-refractivity contribution in [3.8, 4) is 0 Å². The van der Waals surface area contributed by atoms with Gasteiger partial charge in [0.25, 0.3) is 0 Å². The van der Waals surface area contributed by atoms with Gasteiger partial charge in [-0.3, -0.25) is 0 Å². The van der Waals surface area contributed by atoms with Gasteiger partial charge in [0.1, 0.15) is 0 Å². The van der Waals surface area contributed by atoms with Crippen LogP contribution in [0.5, 0.6) is 0 Å². The molecule has 0 aliphatic rings. The molecule has 0 amide bonds. The third-order valence-corrected chi connectivity index (χ3v) is 3.88. The van der Waals surface area contributed by atoms with Crippen molar-refractivity contribution in [2.75, 3.05) is 21.3 Å². The summed E-state index contributed by atoms with van der Waals surface area (Å²) in [6.45, 7) is 0. The van der Waals surface area contributed by atoms with Gasteiger partial charge in [-0.25, -0.2) is 0 Å². The summed E-state index contributed by atoms with van der Waals surface area (Å²) in [5.74, 6) is -1.23. The first kappa shape index (κ1) is 15.7. The fourth-order valence-corrected chi connectivity index (χ4v) is 1.93. The first-order valence-electron chi connectivity index (χ1n) is 2.95. The molecule has 0 aliphatic carbocycles. The number of carbonyl (C=O) groups is 1. The first-order valence-corrected chi connectivity index (χ1v) is 4.88. The van der Waals surface area contributed by atoms with Crippen molar-refractivity contribution in [2.24, 2.45) is 0 Å². The molecule has 0 aromatic carbocycles. The van der Waals surface area contributed by atoms with Gasteiger partial charge in [-0.05, 0) is 0 Å². The van der Waals surface area contributed by atoms with Crippen molar-refractivity contribution in [2.45, 2.75) is 6.04 Å². The van der Waals surface area contributed by atoms with E-state index in [2.05, 4.69) is 0 Å². The molecule has 66 valence electrons. The predicted octanol–water partition coefficient (Wildman–Crippen LogP) is -4.38. The van der Waals surface area contributed by atoms with Crippen LogP contribution >= 0.6 is 0 Å². The number of aliphatic carboxylic acids is 1. The largest absolute Gasteiger partial charge is 1.00 e. The molecule has 0 aromatic heterocycles. The van der Waals surface area contributed by atoms with Gasteiger partial charge < -0.3 is 23.2 Å². The summed E-state index contributed by atoms with van der Waals surface area (Å²) in [4.78, 5) is 10.2. The van der Waals surface area contributed by atoms with E-state index in [9.17, 15) is 9.90 Å². The Morgan fingerprint density at radius 2 is 1.58 bits per heavy atom. The van der Waals surface area contributed by atoms with Gasteiger partial charge in [0, 0.05) is 27.3 Å². The molecule has 0 aromatic rings. The van der Waals surface area contributed by atoms with Crippen LogP contribution in [-0.4, -0.2) is 36.1 Å². The molecular weight excluding hydrogens is 207 g/mol. The van der Waals surface area contributed by atoms with E-state index in [0.717, 1.165) is 0 Å². The molecule has 12 heavy (non-hydrogen) atoms. The summed E-state index contributed by atoms with van der Waals surface area (Å²) in [6.07, 6.45) is 0. The molecule has 0 heterocycles. The van der Waals surface area contributed by atoms with Gasteiger partial charge in [0.05, 0.1) is 6.04 Å². The van der Waals surface area contributed by atoms with E-state index in [1.54, 1.807) is 0 Å². The van der Waals surface area contributed by atoms with Crippen molar-refractivity contribution in [3.63, 3.8) is 0 Å². The second-order valence-electron chi connectivity index (χ2n) is 1.84. The normalized spacial score (nSPS) is 10.6. The molecule has 0 unspecified atom stereocenters. The second-order valence-corrected chi connectivity index (χ2v) is 4.79. The van der Waals surface area contributed by atoms with Crippen LogP contribution in [-0.2, 0) is 18.1 Å². The molecule has 7 heteroatoms. The maximum atomic E-state index is 10.2. The Kier molecular flexibility index (Phi) is 9.91. The number of hydrogen-bond donors (Lipinski definition) is 0. The summed E-state index contributed by atoms with van der Waals surface area (Å²) in [5.41, 5.74) is 0. The second kappa shape index (κ2) is 7.59. The molecule has 0 saturated heterocycles. The van der Waals surface area contributed by atoms with Crippen molar-refractivity contribution < 1.29 is 74.6 Å². The summed E-state index contributed by atoms with van der Waals surface area (Å²) in [5, 5.41) is 10.2. The van der Waals surface area contributed by atoms with Crippen LogP contribution in [0, 0.1) is 0 Å². The van der Waals surface area contributed by atoms with E-state index in [-0.39, 0.29) is 57.4 Å². The SMILES string of the molecule is CO[Si](CC(=O)[O-])(OC)OC.[K+]. The zero-order valence-electron chi connectivity index (χ0n) is 7.75. The maximum Gasteiger partial charge on any atom is 1.00 e. The molecule has 0 fully saturated rings. The molecule has 0 aliphatic heterocycles. The predicted molar refractivity (Wildman–Crippen MR) is 36.6 cm³/mol. The summed E-state index contributed by atoms with van der Waals surface area (Å²) < 4.78 is 14.5. The van der Waals surface area contributed by atoms with Crippen molar-refractivity contribution >= 4 is 14.8 Å². The Hall–Kier alpha value is 1.20.